The second kappa shape index (κ2) is 13.5. The lowest BCUT2D eigenvalue weighted by molar-refractivity contribution is -0.0891. The molecule has 5 rings (SSSR count). The predicted molar refractivity (Wildman–Crippen MR) is 184 cm³/mol. The number of fused-ring (bicyclic) bond motifs is 2. The zero-order chi connectivity index (χ0) is 36.8. The van der Waals surface area contributed by atoms with Gasteiger partial charge in [-0.05, 0) is 67.0 Å². The number of amides is 1. The number of allylic oxidation sites excluding steroid dienone is 2. The van der Waals surface area contributed by atoms with Crippen LogP contribution in [0.2, 0.25) is 25.7 Å². The van der Waals surface area contributed by atoms with Gasteiger partial charge in [0, 0.05) is 27.3 Å². The van der Waals surface area contributed by atoms with Crippen molar-refractivity contribution in [2.45, 2.75) is 95.6 Å². The monoisotopic (exact) mass is 733 g/mol. The Balaban J connectivity index is 1.44. The number of rotatable bonds is 12. The van der Waals surface area contributed by atoms with E-state index in [-0.39, 0.29) is 30.1 Å². The second-order valence-electron chi connectivity index (χ2n) is 15.2. The Morgan fingerprint density at radius 3 is 2.54 bits per heavy atom. The van der Waals surface area contributed by atoms with Gasteiger partial charge in [0.15, 0.2) is 5.69 Å². The van der Waals surface area contributed by atoms with E-state index in [9.17, 15) is 31.6 Å². The van der Waals surface area contributed by atoms with Crippen molar-refractivity contribution in [2.24, 2.45) is 5.41 Å². The van der Waals surface area contributed by atoms with Crippen molar-refractivity contribution >= 4 is 40.9 Å². The Labute approximate surface area is 291 Å². The van der Waals surface area contributed by atoms with Crippen molar-refractivity contribution in [1.29, 1.82) is 5.26 Å². The van der Waals surface area contributed by atoms with E-state index in [1.54, 1.807) is 31.2 Å². The lowest BCUT2D eigenvalue weighted by Crippen LogP contribution is -2.43. The molecule has 4 heterocycles. The number of ether oxygens (including phenoxy) is 2. The summed E-state index contributed by atoms with van der Waals surface area (Å²) in [4.78, 5) is 22.9. The van der Waals surface area contributed by atoms with Gasteiger partial charge in [-0.15, -0.1) is 0 Å². The third kappa shape index (κ3) is 8.63. The number of carbonyl (C=O) groups is 1. The Hall–Kier alpha value is -3.62. The lowest BCUT2D eigenvalue weighted by atomic mass is 9.77. The number of nitrogens with one attached hydrogen (secondary N) is 1. The van der Waals surface area contributed by atoms with Crippen LogP contribution in [0, 0.1) is 16.7 Å². The molecule has 0 aromatic carbocycles. The van der Waals surface area contributed by atoms with E-state index in [0.717, 1.165) is 24.5 Å². The molecule has 2 unspecified atom stereocenters. The Morgan fingerprint density at radius 1 is 1.16 bits per heavy atom. The number of nitrogens with zero attached hydrogens (tertiary/aromatic N) is 4. The molecule has 50 heavy (non-hydrogen) atoms. The molecule has 1 amide bonds. The standard InChI is InChI=1S/C34H42F3N5O6SSi/c1-31(2)11-9-23(10-12-31)28-27(41-30(43)29-39-25(19-38)20-42(29)22-46-15-16-50(4,5)6)8-7-26(40-28)24-17-32(3)13-14-33(18-24,48-32)21-47-49(44,45)34(35,36)37/h7-9,13-14,17,20H,10-12,15-16,18,21-22H2,1-6H3,(H,41,43). The zero-order valence-corrected chi connectivity index (χ0v) is 30.8. The fourth-order valence-corrected chi connectivity index (χ4v) is 7.24. The van der Waals surface area contributed by atoms with Gasteiger partial charge < -0.3 is 19.4 Å². The zero-order valence-electron chi connectivity index (χ0n) is 29.0. The minimum atomic E-state index is -5.84. The third-order valence-corrected chi connectivity index (χ3v) is 11.6. The van der Waals surface area contributed by atoms with Crippen molar-refractivity contribution in [3.8, 4) is 6.07 Å². The first-order valence-electron chi connectivity index (χ1n) is 16.3. The molecule has 1 N–H and O–H groups in total. The maximum atomic E-state index is 13.7. The van der Waals surface area contributed by atoms with E-state index in [2.05, 4.69) is 54.0 Å². The summed E-state index contributed by atoms with van der Waals surface area (Å²) < 4.78 is 80.3. The van der Waals surface area contributed by atoms with Crippen molar-refractivity contribution in [1.82, 2.24) is 14.5 Å². The van der Waals surface area contributed by atoms with Gasteiger partial charge in [0.25, 0.3) is 5.91 Å². The summed E-state index contributed by atoms with van der Waals surface area (Å²) in [5.41, 5.74) is -5.04. The first-order chi connectivity index (χ1) is 23.1. The summed E-state index contributed by atoms with van der Waals surface area (Å²) >= 11 is 0. The number of imidazole rings is 1. The summed E-state index contributed by atoms with van der Waals surface area (Å²) in [6, 6.07) is 6.29. The molecule has 2 atom stereocenters. The van der Waals surface area contributed by atoms with Gasteiger partial charge >= 0.3 is 15.6 Å². The molecule has 16 heteroatoms. The summed E-state index contributed by atoms with van der Waals surface area (Å²) in [5, 5.41) is 12.4. The number of hydrogen-bond donors (Lipinski definition) is 1. The van der Waals surface area contributed by atoms with Gasteiger partial charge in [-0.1, -0.05) is 51.7 Å². The highest BCUT2D eigenvalue weighted by Crippen LogP contribution is 2.46. The largest absolute Gasteiger partial charge is 0.523 e. The van der Waals surface area contributed by atoms with E-state index >= 15 is 0 Å². The number of hydrogen-bond acceptors (Lipinski definition) is 9. The minimum absolute atomic E-state index is 0.00167. The summed E-state index contributed by atoms with van der Waals surface area (Å²) in [5.74, 6) is -0.559. The summed E-state index contributed by atoms with van der Waals surface area (Å²) in [6.07, 6.45) is 10.8. The second-order valence-corrected chi connectivity index (χ2v) is 22.4. The fourth-order valence-electron chi connectivity index (χ4n) is 6.00. The highest BCUT2D eigenvalue weighted by Gasteiger charge is 2.51. The van der Waals surface area contributed by atoms with E-state index in [1.807, 2.05) is 6.07 Å². The maximum Gasteiger partial charge on any atom is 0.523 e. The van der Waals surface area contributed by atoms with Crippen LogP contribution in [0.3, 0.4) is 0 Å². The quantitative estimate of drug-likeness (QED) is 0.0798. The number of halogens is 3. The normalized spacial score (nSPS) is 23.3. The van der Waals surface area contributed by atoms with Crippen LogP contribution in [0.25, 0.3) is 11.1 Å². The van der Waals surface area contributed by atoms with Crippen molar-refractivity contribution in [3.63, 3.8) is 0 Å². The average Bonchev–Trinajstić information content (AvgIpc) is 3.54. The molecule has 0 saturated carbocycles. The number of pyridine rings is 1. The average molecular weight is 734 g/mol. The van der Waals surface area contributed by atoms with E-state index in [0.29, 0.717) is 35.7 Å². The van der Waals surface area contributed by atoms with Crippen molar-refractivity contribution < 1.29 is 40.0 Å². The Kier molecular flexibility index (Phi) is 10.2. The number of aromatic nitrogens is 3. The van der Waals surface area contributed by atoms with Crippen LogP contribution in [0.4, 0.5) is 18.9 Å². The van der Waals surface area contributed by atoms with Crippen LogP contribution in [0.1, 0.15) is 74.2 Å². The Morgan fingerprint density at radius 2 is 1.90 bits per heavy atom. The molecule has 11 nitrogen and oxygen atoms in total. The van der Waals surface area contributed by atoms with Crippen LogP contribution in [0.5, 0.6) is 0 Å². The summed E-state index contributed by atoms with van der Waals surface area (Å²) in [7, 11) is -7.19. The van der Waals surface area contributed by atoms with Crippen LogP contribution in [-0.2, 0) is 30.5 Å². The molecule has 2 aromatic heterocycles. The van der Waals surface area contributed by atoms with Gasteiger partial charge in [0.05, 0.1) is 23.7 Å². The molecule has 3 aliphatic rings. The van der Waals surface area contributed by atoms with Gasteiger partial charge in [0.2, 0.25) is 5.82 Å². The third-order valence-electron chi connectivity index (χ3n) is 8.90. The molecule has 0 radical (unpaired) electrons. The molecule has 270 valence electrons. The molecule has 2 bridgehead atoms. The molecular formula is C34H42F3N5O6SSi. The topological polar surface area (TPSA) is 145 Å². The molecule has 1 aliphatic carbocycles. The fraction of sp³-hybridized carbons (Fsp3) is 0.529. The summed E-state index contributed by atoms with van der Waals surface area (Å²) in [6.45, 7) is 12.4. The van der Waals surface area contributed by atoms with Crippen molar-refractivity contribution in [3.05, 3.63) is 65.5 Å². The SMILES string of the molecule is CC1(C)CC=C(c2nc(C3=CC4(C)C=CC(COS(=O)(=O)C(F)(F)F)(C3)O4)ccc2NC(=O)c2nc(C#N)cn2COCC[Si](C)(C)C)CC1. The minimum Gasteiger partial charge on any atom is -0.361 e. The Bertz CT molecular complexity index is 1910. The van der Waals surface area contributed by atoms with Gasteiger partial charge in [-0.2, -0.15) is 26.9 Å². The molecular weight excluding hydrogens is 692 g/mol. The van der Waals surface area contributed by atoms with Gasteiger partial charge in [0.1, 0.15) is 24.0 Å². The first kappa shape index (κ1) is 37.6. The van der Waals surface area contributed by atoms with E-state index in [4.69, 9.17) is 14.5 Å². The highest BCUT2D eigenvalue weighted by molar-refractivity contribution is 7.87. The lowest BCUT2D eigenvalue weighted by Gasteiger charge is -2.37. The maximum absolute atomic E-state index is 13.7. The molecule has 2 aliphatic heterocycles. The van der Waals surface area contributed by atoms with Crippen molar-refractivity contribution in [2.75, 3.05) is 18.5 Å². The van der Waals surface area contributed by atoms with Crippen LogP contribution in [0.15, 0.2) is 42.6 Å². The molecule has 0 fully saturated rings. The van der Waals surface area contributed by atoms with Gasteiger partial charge in [-0.3, -0.25) is 8.98 Å². The number of alkyl halides is 3. The number of nitriles is 1. The first-order valence-corrected chi connectivity index (χ1v) is 21.4. The number of carbonyl (C=O) groups excluding carboxylic acids is 1. The van der Waals surface area contributed by atoms with Gasteiger partial charge in [-0.25, -0.2) is 9.97 Å². The molecule has 0 spiro atoms. The molecule has 0 saturated heterocycles. The number of anilines is 1. The van der Waals surface area contributed by atoms with E-state index in [1.165, 1.54) is 16.8 Å². The van der Waals surface area contributed by atoms with E-state index < -0.39 is 47.4 Å². The van der Waals surface area contributed by atoms with Crippen LogP contribution < -0.4 is 5.32 Å². The predicted octanol–water partition coefficient (Wildman–Crippen LogP) is 7.05. The molecule has 2 aromatic rings. The highest BCUT2D eigenvalue weighted by atomic mass is 32.2. The van der Waals surface area contributed by atoms with Crippen LogP contribution in [-0.4, -0.2) is 66.9 Å². The van der Waals surface area contributed by atoms with Crippen LogP contribution >= 0.6 is 0 Å². The smallest absolute Gasteiger partial charge is 0.361 e.